The molecule has 1 amide bonds. The summed E-state index contributed by atoms with van der Waals surface area (Å²) in [7, 11) is 0. The summed E-state index contributed by atoms with van der Waals surface area (Å²) < 4.78 is 16.6. The lowest BCUT2D eigenvalue weighted by molar-refractivity contribution is -0.302. The molecule has 1 aliphatic rings. The standard InChI is InChI=1S/C54H99NO10/c1-3-5-7-9-11-13-15-16-17-18-21-24-28-32-36-40-47(57)46(45-64-54-53(62)52(61)51(60)48(44-56)65-54)55-49(58)41-37-33-29-25-22-19-23-27-31-35-39-43-63-50(59)42-38-34-30-26-20-14-12-10-8-6-4-2/h21,23-24,27,36,40,46-48,51-54,56-57,60-62H,3-20,22,25-26,28-35,37-39,41-45H2,1-2H3,(H,55,58)/b24-21+,27-23-,40-36+. The van der Waals surface area contributed by atoms with E-state index in [0.717, 1.165) is 83.5 Å². The van der Waals surface area contributed by atoms with Gasteiger partial charge in [-0.25, -0.2) is 0 Å². The second-order valence-electron chi connectivity index (χ2n) is 18.6. The molecule has 1 heterocycles. The van der Waals surface area contributed by atoms with Gasteiger partial charge in [0.25, 0.3) is 0 Å². The fourth-order valence-electron chi connectivity index (χ4n) is 8.15. The topological polar surface area (TPSA) is 175 Å². The van der Waals surface area contributed by atoms with Crippen molar-refractivity contribution in [3.63, 3.8) is 0 Å². The van der Waals surface area contributed by atoms with Gasteiger partial charge in [-0.2, -0.15) is 0 Å². The molecule has 1 saturated heterocycles. The van der Waals surface area contributed by atoms with Crippen molar-refractivity contribution < 1.29 is 49.3 Å². The second-order valence-corrected chi connectivity index (χ2v) is 18.6. The Labute approximate surface area is 396 Å². The highest BCUT2D eigenvalue weighted by Gasteiger charge is 2.44. The first-order valence-corrected chi connectivity index (χ1v) is 26.8. The maximum atomic E-state index is 13.0. The number of aliphatic hydroxyl groups is 5. The van der Waals surface area contributed by atoms with Gasteiger partial charge in [-0.05, 0) is 70.6 Å². The first-order valence-electron chi connectivity index (χ1n) is 26.8. The van der Waals surface area contributed by atoms with Crippen LogP contribution in [0, 0.1) is 0 Å². The molecule has 0 aromatic rings. The zero-order valence-corrected chi connectivity index (χ0v) is 41.4. The molecule has 0 spiro atoms. The van der Waals surface area contributed by atoms with Crippen molar-refractivity contribution in [2.45, 2.75) is 275 Å². The third kappa shape index (κ3) is 34.8. The second kappa shape index (κ2) is 44.4. The third-order valence-electron chi connectivity index (χ3n) is 12.5. The molecule has 0 saturated carbocycles. The lowest BCUT2D eigenvalue weighted by Gasteiger charge is -2.40. The molecule has 0 aromatic heterocycles. The van der Waals surface area contributed by atoms with Crippen LogP contribution < -0.4 is 5.32 Å². The van der Waals surface area contributed by atoms with Gasteiger partial charge >= 0.3 is 5.97 Å². The minimum atomic E-state index is -1.59. The van der Waals surface area contributed by atoms with Crippen LogP contribution in [0.2, 0.25) is 0 Å². The van der Waals surface area contributed by atoms with Gasteiger partial charge in [-0.3, -0.25) is 9.59 Å². The molecule has 6 N–H and O–H groups in total. The third-order valence-corrected chi connectivity index (χ3v) is 12.5. The van der Waals surface area contributed by atoms with Crippen LogP contribution in [0.25, 0.3) is 0 Å². The van der Waals surface area contributed by atoms with Gasteiger partial charge in [-0.1, -0.05) is 185 Å². The summed E-state index contributed by atoms with van der Waals surface area (Å²) >= 11 is 0. The minimum absolute atomic E-state index is 0.0591. The van der Waals surface area contributed by atoms with E-state index in [1.54, 1.807) is 6.08 Å². The summed E-state index contributed by atoms with van der Waals surface area (Å²) in [5.41, 5.74) is 0. The predicted molar refractivity (Wildman–Crippen MR) is 264 cm³/mol. The first-order chi connectivity index (χ1) is 31.7. The van der Waals surface area contributed by atoms with Crippen LogP contribution in [0.4, 0.5) is 0 Å². The monoisotopic (exact) mass is 922 g/mol. The van der Waals surface area contributed by atoms with E-state index >= 15 is 0 Å². The fraction of sp³-hybridized carbons (Fsp3) is 0.852. The minimum Gasteiger partial charge on any atom is -0.466 e. The molecule has 1 aliphatic heterocycles. The molecule has 1 rings (SSSR count). The molecular formula is C54H99NO10. The number of hydrogen-bond acceptors (Lipinski definition) is 10. The summed E-state index contributed by atoms with van der Waals surface area (Å²) in [6, 6.07) is -0.848. The Morgan fingerprint density at radius 3 is 1.52 bits per heavy atom. The number of hydrogen-bond donors (Lipinski definition) is 6. The molecule has 7 atom stereocenters. The number of amides is 1. The molecule has 11 nitrogen and oxygen atoms in total. The Bertz CT molecular complexity index is 1180. The summed E-state index contributed by atoms with van der Waals surface area (Å²) in [6.07, 6.45) is 42.2. The van der Waals surface area contributed by atoms with Crippen LogP contribution in [-0.2, 0) is 23.8 Å². The van der Waals surface area contributed by atoms with Crippen molar-refractivity contribution in [1.82, 2.24) is 5.32 Å². The molecule has 7 unspecified atom stereocenters. The fourth-order valence-corrected chi connectivity index (χ4v) is 8.15. The van der Waals surface area contributed by atoms with Gasteiger partial charge < -0.3 is 45.1 Å². The van der Waals surface area contributed by atoms with Gasteiger partial charge in [0.1, 0.15) is 24.4 Å². The molecule has 0 aliphatic carbocycles. The predicted octanol–water partition coefficient (Wildman–Crippen LogP) is 11.2. The van der Waals surface area contributed by atoms with Crippen LogP contribution >= 0.6 is 0 Å². The Hall–Kier alpha value is -2.12. The number of aliphatic hydroxyl groups excluding tert-OH is 5. The number of carbonyl (C=O) groups excluding carboxylic acids is 2. The zero-order chi connectivity index (χ0) is 47.4. The van der Waals surface area contributed by atoms with Gasteiger partial charge in [-0.15, -0.1) is 0 Å². The number of ether oxygens (including phenoxy) is 3. The largest absolute Gasteiger partial charge is 0.466 e. The number of carbonyl (C=O) groups is 2. The van der Waals surface area contributed by atoms with E-state index in [9.17, 15) is 35.1 Å². The zero-order valence-electron chi connectivity index (χ0n) is 41.4. The van der Waals surface area contributed by atoms with Gasteiger partial charge in [0.2, 0.25) is 5.91 Å². The van der Waals surface area contributed by atoms with Crippen molar-refractivity contribution in [1.29, 1.82) is 0 Å². The van der Waals surface area contributed by atoms with E-state index in [4.69, 9.17) is 14.2 Å². The highest BCUT2D eigenvalue weighted by atomic mass is 16.7. The summed E-state index contributed by atoms with van der Waals surface area (Å²) in [5, 5.41) is 54.3. The molecule has 380 valence electrons. The normalized spacial score (nSPS) is 20.0. The molecule has 0 aromatic carbocycles. The Balaban J connectivity index is 2.27. The highest BCUT2D eigenvalue weighted by Crippen LogP contribution is 2.23. The van der Waals surface area contributed by atoms with E-state index in [2.05, 4.69) is 43.5 Å². The van der Waals surface area contributed by atoms with Crippen LogP contribution in [0.3, 0.4) is 0 Å². The number of allylic oxidation sites excluding steroid dienone is 5. The maximum Gasteiger partial charge on any atom is 0.305 e. The van der Waals surface area contributed by atoms with E-state index < -0.39 is 49.5 Å². The molecule has 65 heavy (non-hydrogen) atoms. The van der Waals surface area contributed by atoms with Crippen LogP contribution in [0.1, 0.15) is 232 Å². The summed E-state index contributed by atoms with van der Waals surface area (Å²) in [6.45, 7) is 4.21. The van der Waals surface area contributed by atoms with Crippen molar-refractivity contribution in [3.8, 4) is 0 Å². The van der Waals surface area contributed by atoms with Crippen LogP contribution in [-0.4, -0.2) is 100 Å². The van der Waals surface area contributed by atoms with Crippen molar-refractivity contribution in [3.05, 3.63) is 36.5 Å². The van der Waals surface area contributed by atoms with E-state index in [-0.39, 0.29) is 18.5 Å². The van der Waals surface area contributed by atoms with E-state index in [1.807, 2.05) is 6.08 Å². The molecule has 0 bridgehead atoms. The number of nitrogens with one attached hydrogen (secondary N) is 1. The number of unbranched alkanes of at least 4 members (excludes halogenated alkanes) is 27. The Morgan fingerprint density at radius 2 is 1.00 bits per heavy atom. The Morgan fingerprint density at radius 1 is 0.554 bits per heavy atom. The summed E-state index contributed by atoms with van der Waals surface area (Å²) in [5.74, 6) is -0.280. The van der Waals surface area contributed by atoms with Gasteiger partial charge in [0.15, 0.2) is 6.29 Å². The molecular weight excluding hydrogens is 823 g/mol. The average Bonchev–Trinajstić information content (AvgIpc) is 3.30. The van der Waals surface area contributed by atoms with E-state index in [1.165, 1.54) is 116 Å². The van der Waals surface area contributed by atoms with E-state index in [0.29, 0.717) is 25.9 Å². The smallest absolute Gasteiger partial charge is 0.305 e. The van der Waals surface area contributed by atoms with Gasteiger partial charge in [0.05, 0.1) is 32.0 Å². The van der Waals surface area contributed by atoms with Crippen LogP contribution in [0.5, 0.6) is 0 Å². The lowest BCUT2D eigenvalue weighted by atomic mass is 9.99. The maximum absolute atomic E-state index is 13.0. The molecule has 11 heteroatoms. The SMILES string of the molecule is CCCCCCCCCCC/C=C/CC/C=C/C(O)C(COC1OC(CO)C(O)C(O)C1O)NC(=O)CCCCCCC/C=C\CCCCOC(=O)CCCCCCCCCCCCC. The van der Waals surface area contributed by atoms with Crippen molar-refractivity contribution >= 4 is 11.9 Å². The van der Waals surface area contributed by atoms with Crippen molar-refractivity contribution in [2.75, 3.05) is 19.8 Å². The van der Waals surface area contributed by atoms with Crippen molar-refractivity contribution in [2.24, 2.45) is 0 Å². The quantitative estimate of drug-likeness (QED) is 0.0196. The highest BCUT2D eigenvalue weighted by molar-refractivity contribution is 5.76. The lowest BCUT2D eigenvalue weighted by Crippen LogP contribution is -2.60. The first kappa shape index (κ1) is 60.9. The van der Waals surface area contributed by atoms with Gasteiger partial charge in [0, 0.05) is 12.8 Å². The number of esters is 1. The number of rotatable bonds is 45. The molecule has 1 fully saturated rings. The molecule has 0 radical (unpaired) electrons. The average molecular weight is 922 g/mol. The van der Waals surface area contributed by atoms with Crippen LogP contribution in [0.15, 0.2) is 36.5 Å². The summed E-state index contributed by atoms with van der Waals surface area (Å²) in [4.78, 5) is 25.0. The Kier molecular flexibility index (Phi) is 41.6.